The number of hydrogen-bond acceptors (Lipinski definition) is 4. The van der Waals surface area contributed by atoms with Crippen molar-refractivity contribution in [2.24, 2.45) is 4.99 Å². The van der Waals surface area contributed by atoms with E-state index < -0.39 is 0 Å². The van der Waals surface area contributed by atoms with Crippen molar-refractivity contribution >= 4 is 35.9 Å². The van der Waals surface area contributed by atoms with E-state index in [1.54, 1.807) is 7.05 Å². The van der Waals surface area contributed by atoms with Crippen LogP contribution in [0.4, 0.5) is 0 Å². The number of hydrogen-bond donors (Lipinski definition) is 2. The van der Waals surface area contributed by atoms with Crippen molar-refractivity contribution in [2.75, 3.05) is 13.6 Å². The number of aliphatic imine (C=N–C) groups is 1. The number of nitrogens with one attached hydrogen (secondary N) is 2. The number of carbonyl (C=O) groups excluding carboxylic acids is 1. The van der Waals surface area contributed by atoms with Crippen molar-refractivity contribution in [1.82, 2.24) is 10.6 Å². The summed E-state index contributed by atoms with van der Waals surface area (Å²) in [6, 6.07) is 7.91. The Hall–Kier alpha value is -1.51. The predicted molar refractivity (Wildman–Crippen MR) is 116 cm³/mol. The summed E-state index contributed by atoms with van der Waals surface area (Å²) in [5.41, 5.74) is 0.784. The van der Waals surface area contributed by atoms with E-state index >= 15 is 0 Å². The number of ether oxygens (including phenoxy) is 2. The van der Waals surface area contributed by atoms with Gasteiger partial charge in [-0.1, -0.05) is 18.2 Å². The molecule has 0 radical (unpaired) electrons. The highest BCUT2D eigenvalue weighted by atomic mass is 127. The topological polar surface area (TPSA) is 72.0 Å². The third kappa shape index (κ3) is 10.5. The maximum absolute atomic E-state index is 11.5. The number of esters is 1. The zero-order chi connectivity index (χ0) is 18.9. The lowest BCUT2D eigenvalue weighted by Gasteiger charge is -2.23. The van der Waals surface area contributed by atoms with Gasteiger partial charge in [-0.25, -0.2) is 0 Å². The first-order valence-corrected chi connectivity index (χ1v) is 8.62. The molecule has 0 bridgehead atoms. The molecule has 0 heterocycles. The molecule has 0 saturated carbocycles. The summed E-state index contributed by atoms with van der Waals surface area (Å²) in [5.74, 6) is 1.25. The van der Waals surface area contributed by atoms with Gasteiger partial charge in [0, 0.05) is 25.7 Å². The van der Waals surface area contributed by atoms with E-state index in [0.29, 0.717) is 25.5 Å². The molecular weight excluding hydrogens is 445 g/mol. The van der Waals surface area contributed by atoms with E-state index in [4.69, 9.17) is 9.47 Å². The molecule has 0 spiro atoms. The zero-order valence-corrected chi connectivity index (χ0v) is 18.9. The molecule has 1 rings (SSSR count). The summed E-state index contributed by atoms with van der Waals surface area (Å²) in [6.07, 6.45) is 0.201. The highest BCUT2D eigenvalue weighted by Gasteiger charge is 2.14. The van der Waals surface area contributed by atoms with Gasteiger partial charge < -0.3 is 20.1 Å². The van der Waals surface area contributed by atoms with Crippen LogP contribution in [0.2, 0.25) is 0 Å². The molecule has 1 aromatic carbocycles. The molecule has 0 aliphatic heterocycles. The minimum atomic E-state index is -0.257. The van der Waals surface area contributed by atoms with Gasteiger partial charge in [0.15, 0.2) is 5.96 Å². The van der Waals surface area contributed by atoms with Crippen LogP contribution in [-0.4, -0.2) is 37.2 Å². The Kier molecular flexibility index (Phi) is 11.3. The molecule has 6 nitrogen and oxygen atoms in total. The first-order chi connectivity index (χ1) is 11.7. The van der Waals surface area contributed by atoms with E-state index in [0.717, 1.165) is 11.3 Å². The number of rotatable bonds is 7. The van der Waals surface area contributed by atoms with Crippen LogP contribution in [-0.2, 0) is 16.1 Å². The molecule has 0 unspecified atom stereocenters. The monoisotopic (exact) mass is 477 g/mol. The fourth-order valence-electron chi connectivity index (χ4n) is 2.08. The number of halogens is 1. The molecule has 0 atom stereocenters. The third-order valence-corrected chi connectivity index (χ3v) is 3.05. The molecule has 0 fully saturated rings. The number of carbonyl (C=O) groups is 1. The van der Waals surface area contributed by atoms with E-state index in [9.17, 15) is 4.79 Å². The quantitative estimate of drug-likeness (QED) is 0.272. The average molecular weight is 477 g/mol. The molecule has 0 aromatic heterocycles. The molecule has 148 valence electrons. The number of benzene rings is 1. The SMILES string of the molecule is CN=C(NCCC(=O)OC(C)C)NCc1ccccc1OC(C)(C)C.I. The highest BCUT2D eigenvalue weighted by molar-refractivity contribution is 14.0. The smallest absolute Gasteiger partial charge is 0.307 e. The van der Waals surface area contributed by atoms with Gasteiger partial charge in [0.1, 0.15) is 11.4 Å². The largest absolute Gasteiger partial charge is 0.488 e. The lowest BCUT2D eigenvalue weighted by atomic mass is 10.1. The van der Waals surface area contributed by atoms with Crippen molar-refractivity contribution < 1.29 is 14.3 Å². The predicted octanol–water partition coefficient (Wildman–Crippen LogP) is 3.49. The van der Waals surface area contributed by atoms with E-state index in [-0.39, 0.29) is 41.7 Å². The lowest BCUT2D eigenvalue weighted by Crippen LogP contribution is -2.38. The fraction of sp³-hybridized carbons (Fsp3) is 0.579. The molecule has 1 aromatic rings. The Morgan fingerprint density at radius 2 is 1.85 bits per heavy atom. The van der Waals surface area contributed by atoms with E-state index in [1.165, 1.54) is 0 Å². The molecule has 0 amide bonds. The highest BCUT2D eigenvalue weighted by Crippen LogP contribution is 2.22. The number of guanidine groups is 1. The maximum Gasteiger partial charge on any atom is 0.307 e. The second-order valence-electron chi connectivity index (χ2n) is 6.96. The Labute approximate surface area is 174 Å². The van der Waals surface area contributed by atoms with Gasteiger partial charge >= 0.3 is 5.97 Å². The normalized spacial score (nSPS) is 11.6. The van der Waals surface area contributed by atoms with E-state index in [1.807, 2.05) is 58.9 Å². The van der Waals surface area contributed by atoms with E-state index in [2.05, 4.69) is 15.6 Å². The molecule has 7 heteroatoms. The zero-order valence-electron chi connectivity index (χ0n) is 16.6. The first-order valence-electron chi connectivity index (χ1n) is 8.62. The second kappa shape index (κ2) is 12.0. The minimum absolute atomic E-state index is 0. The number of nitrogens with zero attached hydrogens (tertiary/aromatic N) is 1. The summed E-state index contributed by atoms with van der Waals surface area (Å²) in [7, 11) is 1.69. The molecule has 0 aliphatic carbocycles. The van der Waals surface area contributed by atoms with Crippen LogP contribution in [0.25, 0.3) is 0 Å². The molecule has 2 N–H and O–H groups in total. The molecule has 0 saturated heterocycles. The van der Waals surface area contributed by atoms with Gasteiger partial charge in [-0.15, -0.1) is 24.0 Å². The van der Waals surface area contributed by atoms with Crippen LogP contribution in [0.15, 0.2) is 29.3 Å². The van der Waals surface area contributed by atoms with Crippen molar-refractivity contribution in [3.05, 3.63) is 29.8 Å². The fourth-order valence-corrected chi connectivity index (χ4v) is 2.08. The van der Waals surface area contributed by atoms with Crippen molar-refractivity contribution in [2.45, 2.75) is 59.3 Å². The maximum atomic E-state index is 11.5. The van der Waals surface area contributed by atoms with Gasteiger partial charge in [-0.2, -0.15) is 0 Å². The number of para-hydroxylation sites is 1. The first kappa shape index (κ1) is 24.5. The summed E-state index contributed by atoms with van der Waals surface area (Å²) in [5, 5.41) is 6.34. The Balaban J connectivity index is 0.00000625. The lowest BCUT2D eigenvalue weighted by molar-refractivity contribution is -0.147. The van der Waals surface area contributed by atoms with Crippen molar-refractivity contribution in [1.29, 1.82) is 0 Å². The van der Waals surface area contributed by atoms with Crippen LogP contribution < -0.4 is 15.4 Å². The van der Waals surface area contributed by atoms with Gasteiger partial charge in [0.2, 0.25) is 0 Å². The standard InChI is InChI=1S/C19H31N3O3.HI/c1-14(2)24-17(23)11-12-21-18(20-6)22-13-15-9-7-8-10-16(15)25-19(3,4)5;/h7-10,14H,11-13H2,1-6H3,(H2,20,21,22);1H. The van der Waals surface area contributed by atoms with Crippen molar-refractivity contribution in [3.63, 3.8) is 0 Å². The third-order valence-electron chi connectivity index (χ3n) is 3.05. The Morgan fingerprint density at radius 1 is 1.19 bits per heavy atom. The summed E-state index contributed by atoms with van der Waals surface area (Å²) in [6.45, 7) is 10.8. The molecular formula is C19H32IN3O3. The van der Waals surface area contributed by atoms with Gasteiger partial charge in [0.05, 0.1) is 12.5 Å². The van der Waals surface area contributed by atoms with Crippen LogP contribution >= 0.6 is 24.0 Å². The van der Waals surface area contributed by atoms with Crippen LogP contribution in [0, 0.1) is 0 Å². The summed E-state index contributed by atoms with van der Waals surface area (Å²) in [4.78, 5) is 15.7. The average Bonchev–Trinajstić information content (AvgIpc) is 2.49. The van der Waals surface area contributed by atoms with Gasteiger partial charge in [0.25, 0.3) is 0 Å². The van der Waals surface area contributed by atoms with Crippen LogP contribution in [0.3, 0.4) is 0 Å². The molecule has 0 aliphatic rings. The van der Waals surface area contributed by atoms with Crippen LogP contribution in [0.1, 0.15) is 46.6 Å². The minimum Gasteiger partial charge on any atom is -0.488 e. The summed E-state index contributed by atoms with van der Waals surface area (Å²) < 4.78 is 11.1. The van der Waals surface area contributed by atoms with Crippen LogP contribution in [0.5, 0.6) is 5.75 Å². The van der Waals surface area contributed by atoms with Gasteiger partial charge in [-0.05, 0) is 40.7 Å². The Bertz CT molecular complexity index is 584. The Morgan fingerprint density at radius 3 is 2.42 bits per heavy atom. The van der Waals surface area contributed by atoms with Crippen molar-refractivity contribution in [3.8, 4) is 5.75 Å². The molecule has 26 heavy (non-hydrogen) atoms. The summed E-state index contributed by atoms with van der Waals surface area (Å²) >= 11 is 0. The van der Waals surface area contributed by atoms with Gasteiger partial charge in [-0.3, -0.25) is 9.79 Å². The second-order valence-corrected chi connectivity index (χ2v) is 6.96.